The Kier molecular flexibility index (Phi) is 21.5. The molecule has 0 saturated carbocycles. The van der Waals surface area contributed by atoms with E-state index in [0.29, 0.717) is 13.0 Å². The molecular weight excluding hydrogens is 923 g/mol. The number of ether oxygens (including phenoxy) is 5. The lowest BCUT2D eigenvalue weighted by Gasteiger charge is -2.49. The maximum Gasteiger partial charge on any atom is 0.409 e. The van der Waals surface area contributed by atoms with Crippen molar-refractivity contribution < 1.29 is 42.1 Å². The van der Waals surface area contributed by atoms with E-state index in [0.717, 1.165) is 54.9 Å². The number of rotatable bonds is 29. The van der Waals surface area contributed by atoms with Crippen LogP contribution in [0, 0.1) is 5.92 Å². The molecule has 7 atom stereocenters. The molecular formula is C59H85NO9Si2. The molecule has 10 nitrogen and oxygen atoms in total. The molecule has 0 spiro atoms. The van der Waals surface area contributed by atoms with Crippen molar-refractivity contribution in [3.05, 3.63) is 145 Å². The van der Waals surface area contributed by atoms with Crippen molar-refractivity contribution in [3.8, 4) is 0 Å². The summed E-state index contributed by atoms with van der Waals surface area (Å²) in [5.74, 6) is -0.891. The van der Waals surface area contributed by atoms with Gasteiger partial charge in [-0.05, 0) is 77.4 Å². The standard InChI is InChI=1S/C59H85NO9Si2/c1-13-70(14-2,15-3)69-59(9,41-30-16-17-31-43-66-71(57(5,6)7,49-36-26-20-27-37-49)50-38-28-21-29-39-50)55(65-45-48-34-24-19-25-35-48)53(64-44-47-32-22-18-23-33-47)52(67-56(62)60(10)11)46(4)54-58(8,68-54)42-40-51(61)63-12/h18-29,32-40,42,46,52-55H,13-17,30-31,41,43-45H2,1-12H3/b42-40+/t46-,52+,53-,54+,55+,58+,59+/m0/s1. The van der Waals surface area contributed by atoms with Crippen LogP contribution in [0.4, 0.5) is 4.79 Å². The van der Waals surface area contributed by atoms with Gasteiger partial charge in [0.25, 0.3) is 8.32 Å². The molecule has 4 aromatic carbocycles. The molecule has 0 unspecified atom stereocenters. The average molecular weight is 1010 g/mol. The number of methoxy groups -OCH3 is 1. The van der Waals surface area contributed by atoms with Gasteiger partial charge in [0, 0.05) is 32.7 Å². The minimum atomic E-state index is -2.67. The lowest BCUT2D eigenvalue weighted by molar-refractivity contribution is -0.201. The fourth-order valence-electron chi connectivity index (χ4n) is 10.3. The van der Waals surface area contributed by atoms with Gasteiger partial charge in [0.1, 0.15) is 23.9 Å². The average Bonchev–Trinajstić information content (AvgIpc) is 4.07. The summed E-state index contributed by atoms with van der Waals surface area (Å²) in [5, 5.41) is 2.47. The van der Waals surface area contributed by atoms with Crippen LogP contribution in [0.2, 0.25) is 23.2 Å². The molecule has 0 radical (unpaired) electrons. The fraction of sp³-hybridized carbons (Fsp3) is 0.525. The topological polar surface area (TPSA) is 105 Å². The van der Waals surface area contributed by atoms with Gasteiger partial charge in [0.05, 0.1) is 32.0 Å². The zero-order valence-electron chi connectivity index (χ0n) is 45.0. The normalized spacial score (nSPS) is 18.8. The quantitative estimate of drug-likeness (QED) is 0.0173. The third kappa shape index (κ3) is 15.1. The monoisotopic (exact) mass is 1010 g/mol. The van der Waals surface area contributed by atoms with Crippen molar-refractivity contribution in [1.29, 1.82) is 0 Å². The van der Waals surface area contributed by atoms with Crippen LogP contribution in [-0.2, 0) is 50.5 Å². The fourth-order valence-corrected chi connectivity index (χ4v) is 18.0. The molecule has 4 aromatic rings. The number of nitrogens with zero attached hydrogens (tertiary/aromatic N) is 1. The van der Waals surface area contributed by atoms with Gasteiger partial charge in [0.2, 0.25) is 0 Å². The Bertz CT molecular complexity index is 2170. The van der Waals surface area contributed by atoms with Crippen LogP contribution in [0.3, 0.4) is 0 Å². The summed E-state index contributed by atoms with van der Waals surface area (Å²) in [4.78, 5) is 27.7. The maximum atomic E-state index is 13.9. The number of hydrogen-bond donors (Lipinski definition) is 0. The zero-order valence-corrected chi connectivity index (χ0v) is 47.0. The maximum absolute atomic E-state index is 13.9. The van der Waals surface area contributed by atoms with E-state index in [4.69, 9.17) is 32.5 Å². The number of esters is 1. The molecule has 0 aliphatic carbocycles. The molecule has 71 heavy (non-hydrogen) atoms. The van der Waals surface area contributed by atoms with Crippen molar-refractivity contribution in [1.82, 2.24) is 4.90 Å². The highest BCUT2D eigenvalue weighted by Crippen LogP contribution is 2.47. The summed E-state index contributed by atoms with van der Waals surface area (Å²) < 4.78 is 47.6. The van der Waals surface area contributed by atoms with Crippen LogP contribution in [0.1, 0.15) is 106 Å². The SMILES string of the molecule is CC[Si](CC)(CC)O[C@](C)(CCCCCCO[Si](c1ccccc1)(c1ccccc1)C(C)(C)C)[C@H](OCc1ccccc1)[C@@H](OCc1ccccc1)[C@H](OC(=O)N(C)C)[C@H](C)[C@H]1O[C@]1(C)/C=C/C(=O)OC. The van der Waals surface area contributed by atoms with E-state index in [1.807, 2.05) is 62.4 Å². The highest BCUT2D eigenvalue weighted by Gasteiger charge is 2.59. The van der Waals surface area contributed by atoms with Crippen LogP contribution in [0.5, 0.6) is 0 Å². The number of benzene rings is 4. The molecule has 0 aromatic heterocycles. The van der Waals surface area contributed by atoms with Gasteiger partial charge in [-0.1, -0.05) is 189 Å². The van der Waals surface area contributed by atoms with Crippen molar-refractivity contribution >= 4 is 39.1 Å². The van der Waals surface area contributed by atoms with E-state index in [1.54, 1.807) is 20.2 Å². The lowest BCUT2D eigenvalue weighted by Crippen LogP contribution is -2.66. The van der Waals surface area contributed by atoms with E-state index in [-0.39, 0.29) is 18.3 Å². The van der Waals surface area contributed by atoms with Crippen LogP contribution >= 0.6 is 0 Å². The van der Waals surface area contributed by atoms with E-state index in [2.05, 4.69) is 121 Å². The molecule has 12 heteroatoms. The number of epoxide rings is 1. The molecule has 388 valence electrons. The summed E-state index contributed by atoms with van der Waals surface area (Å²) in [5.41, 5.74) is 0.293. The summed E-state index contributed by atoms with van der Waals surface area (Å²) in [6.07, 6.45) is 4.20. The zero-order chi connectivity index (χ0) is 51.7. The van der Waals surface area contributed by atoms with Gasteiger partial charge < -0.3 is 37.4 Å². The van der Waals surface area contributed by atoms with Crippen molar-refractivity contribution in [2.75, 3.05) is 27.8 Å². The second-order valence-electron chi connectivity index (χ2n) is 21.0. The van der Waals surface area contributed by atoms with E-state index in [1.165, 1.54) is 28.5 Å². The van der Waals surface area contributed by atoms with Crippen LogP contribution in [0.15, 0.2) is 133 Å². The number of hydrogen-bond acceptors (Lipinski definition) is 9. The van der Waals surface area contributed by atoms with Gasteiger partial charge in [-0.3, -0.25) is 0 Å². The number of carbonyl (C=O) groups is 2. The first-order valence-electron chi connectivity index (χ1n) is 26.0. The highest BCUT2D eigenvalue weighted by molar-refractivity contribution is 6.99. The Morgan fingerprint density at radius 3 is 1.69 bits per heavy atom. The van der Waals surface area contributed by atoms with Gasteiger partial charge in [-0.25, -0.2) is 9.59 Å². The van der Waals surface area contributed by atoms with Gasteiger partial charge in [-0.15, -0.1) is 0 Å². The van der Waals surface area contributed by atoms with Crippen molar-refractivity contribution in [2.45, 2.75) is 166 Å². The van der Waals surface area contributed by atoms with Crippen LogP contribution in [-0.4, -0.2) is 97.0 Å². The summed E-state index contributed by atoms with van der Waals surface area (Å²) >= 11 is 0. The van der Waals surface area contributed by atoms with E-state index >= 15 is 0 Å². The van der Waals surface area contributed by atoms with Gasteiger partial charge >= 0.3 is 12.1 Å². The highest BCUT2D eigenvalue weighted by atomic mass is 28.4. The minimum Gasteiger partial charge on any atom is -0.466 e. The van der Waals surface area contributed by atoms with Gasteiger partial charge in [-0.2, -0.15) is 0 Å². The Morgan fingerprint density at radius 2 is 1.21 bits per heavy atom. The molecule has 0 N–H and O–H groups in total. The number of unbranched alkanes of at least 4 members (excludes halogenated alkanes) is 3. The molecule has 1 aliphatic heterocycles. The first-order valence-corrected chi connectivity index (χ1v) is 30.4. The first kappa shape index (κ1) is 57.5. The van der Waals surface area contributed by atoms with Crippen LogP contribution in [0.25, 0.3) is 0 Å². The summed E-state index contributed by atoms with van der Waals surface area (Å²) in [6.45, 7) is 21.1. The Morgan fingerprint density at radius 1 is 0.718 bits per heavy atom. The molecule has 1 aliphatic rings. The predicted molar refractivity (Wildman–Crippen MR) is 291 cm³/mol. The molecule has 1 heterocycles. The second-order valence-corrected chi connectivity index (χ2v) is 30.0. The Balaban J connectivity index is 1.53. The molecule has 5 rings (SSSR count). The molecule has 1 amide bonds. The Labute approximate surface area is 429 Å². The second kappa shape index (κ2) is 26.5. The van der Waals surface area contributed by atoms with Crippen molar-refractivity contribution in [2.24, 2.45) is 5.92 Å². The minimum absolute atomic E-state index is 0.1000. The van der Waals surface area contributed by atoms with E-state index in [9.17, 15) is 9.59 Å². The third-order valence-electron chi connectivity index (χ3n) is 14.7. The number of carbonyl (C=O) groups excluding carboxylic acids is 2. The Hall–Kier alpha value is -4.41. The predicted octanol–water partition coefficient (Wildman–Crippen LogP) is 12.1. The largest absolute Gasteiger partial charge is 0.466 e. The summed E-state index contributed by atoms with van der Waals surface area (Å²) in [7, 11) is -0.310. The summed E-state index contributed by atoms with van der Waals surface area (Å²) in [6, 6.07) is 44.7. The lowest BCUT2D eigenvalue weighted by atomic mass is 9.81. The van der Waals surface area contributed by atoms with E-state index < -0.39 is 70.2 Å². The first-order chi connectivity index (χ1) is 33.9. The molecule has 0 bridgehead atoms. The van der Waals surface area contributed by atoms with Crippen LogP contribution < -0.4 is 10.4 Å². The molecule has 1 saturated heterocycles. The smallest absolute Gasteiger partial charge is 0.409 e. The van der Waals surface area contributed by atoms with Gasteiger partial charge in [0.15, 0.2) is 8.32 Å². The number of amides is 1. The third-order valence-corrected chi connectivity index (χ3v) is 24.5. The van der Waals surface area contributed by atoms with Crippen molar-refractivity contribution in [3.63, 3.8) is 0 Å². The molecule has 1 fully saturated rings.